The summed E-state index contributed by atoms with van der Waals surface area (Å²) in [7, 11) is 0. The van der Waals surface area contributed by atoms with Crippen LogP contribution in [0.4, 0.5) is 0 Å². The van der Waals surface area contributed by atoms with E-state index in [1.54, 1.807) is 6.08 Å². The lowest BCUT2D eigenvalue weighted by atomic mass is 10.0. The molecule has 4 heteroatoms. The summed E-state index contributed by atoms with van der Waals surface area (Å²) >= 11 is 0. The second-order valence-electron chi connectivity index (χ2n) is 4.18. The Bertz CT molecular complexity index is 454. The molecule has 2 aliphatic heterocycles. The van der Waals surface area contributed by atoms with Crippen molar-refractivity contribution in [2.24, 2.45) is 0 Å². The average molecular weight is 232 g/mol. The average Bonchev–Trinajstić information content (AvgIpc) is 2.68. The van der Waals surface area contributed by atoms with Crippen molar-refractivity contribution < 1.29 is 19.4 Å². The first kappa shape index (κ1) is 10.5. The minimum Gasteiger partial charge on any atom is -0.453 e. The van der Waals surface area contributed by atoms with E-state index >= 15 is 0 Å². The normalized spacial score (nSPS) is 35.5. The second kappa shape index (κ2) is 3.98. The molecule has 3 rings (SSSR count). The van der Waals surface area contributed by atoms with Gasteiger partial charge in [0.15, 0.2) is 6.10 Å². The molecule has 3 unspecified atom stereocenters. The Hall–Kier alpha value is -1.65. The molecule has 4 atom stereocenters. The van der Waals surface area contributed by atoms with Gasteiger partial charge in [-0.05, 0) is 11.6 Å². The van der Waals surface area contributed by atoms with Gasteiger partial charge < -0.3 is 14.6 Å². The van der Waals surface area contributed by atoms with E-state index in [4.69, 9.17) is 9.47 Å². The predicted octanol–water partition coefficient (Wildman–Crippen LogP) is 0.969. The van der Waals surface area contributed by atoms with Crippen LogP contribution in [0.5, 0.6) is 0 Å². The summed E-state index contributed by atoms with van der Waals surface area (Å²) in [4.78, 5) is 11.1. The summed E-state index contributed by atoms with van der Waals surface area (Å²) in [6, 6.07) is 9.44. The van der Waals surface area contributed by atoms with Gasteiger partial charge in [-0.2, -0.15) is 0 Å². The first-order valence-corrected chi connectivity index (χ1v) is 5.53. The summed E-state index contributed by atoms with van der Waals surface area (Å²) < 4.78 is 10.8. The fourth-order valence-corrected chi connectivity index (χ4v) is 2.25. The molecule has 4 nitrogen and oxygen atoms in total. The zero-order chi connectivity index (χ0) is 11.8. The minimum atomic E-state index is -0.823. The standard InChI is InChI=1S/C13H12O4/c14-10-7-6-9-13(17-10)11(15)12(16-9)8-4-2-1-3-5-8/h1-7,9,11-13,15H/t9?,11-,12?,13?/m0/s1. The SMILES string of the molecule is O=C1C=CC2OC(c3ccccc3)[C@H](O)C2O1. The quantitative estimate of drug-likeness (QED) is 0.733. The van der Waals surface area contributed by atoms with E-state index in [9.17, 15) is 9.90 Å². The lowest BCUT2D eigenvalue weighted by molar-refractivity contribution is -0.150. The van der Waals surface area contributed by atoms with E-state index in [1.807, 2.05) is 30.3 Å². The zero-order valence-electron chi connectivity index (χ0n) is 9.02. The molecule has 1 aromatic carbocycles. The number of aliphatic hydroxyl groups excluding tert-OH is 1. The Kier molecular flexibility index (Phi) is 2.46. The molecule has 0 aliphatic carbocycles. The van der Waals surface area contributed by atoms with Gasteiger partial charge in [-0.3, -0.25) is 0 Å². The summed E-state index contributed by atoms with van der Waals surface area (Å²) in [6.07, 6.45) is 0.757. The summed E-state index contributed by atoms with van der Waals surface area (Å²) in [6.45, 7) is 0. The van der Waals surface area contributed by atoms with Crippen molar-refractivity contribution in [2.75, 3.05) is 0 Å². The van der Waals surface area contributed by atoms with Crippen LogP contribution in [-0.4, -0.2) is 29.4 Å². The molecule has 0 radical (unpaired) electrons. The molecule has 1 fully saturated rings. The molecule has 0 saturated carbocycles. The molecule has 0 spiro atoms. The molecule has 88 valence electrons. The van der Waals surface area contributed by atoms with Crippen molar-refractivity contribution in [3.8, 4) is 0 Å². The number of rotatable bonds is 1. The number of hydrogen-bond acceptors (Lipinski definition) is 4. The molecular weight excluding hydrogens is 220 g/mol. The number of esters is 1. The molecule has 1 aromatic rings. The Morgan fingerprint density at radius 1 is 1.18 bits per heavy atom. The number of carbonyl (C=O) groups excluding carboxylic acids is 1. The number of aliphatic hydroxyl groups is 1. The fourth-order valence-electron chi connectivity index (χ4n) is 2.25. The Balaban J connectivity index is 1.87. The topological polar surface area (TPSA) is 55.8 Å². The number of carbonyl (C=O) groups is 1. The highest BCUT2D eigenvalue weighted by atomic mass is 16.6. The molecule has 0 aromatic heterocycles. The molecule has 1 saturated heterocycles. The molecular formula is C13H12O4. The van der Waals surface area contributed by atoms with Gasteiger partial charge in [-0.15, -0.1) is 0 Å². The molecule has 0 amide bonds. The molecule has 2 heterocycles. The van der Waals surface area contributed by atoms with Gasteiger partial charge in [-0.1, -0.05) is 30.3 Å². The maximum atomic E-state index is 11.1. The van der Waals surface area contributed by atoms with Gasteiger partial charge in [-0.25, -0.2) is 4.79 Å². The van der Waals surface area contributed by atoms with Crippen LogP contribution in [0, 0.1) is 0 Å². The van der Waals surface area contributed by atoms with Gasteiger partial charge in [0.25, 0.3) is 0 Å². The first-order valence-electron chi connectivity index (χ1n) is 5.53. The van der Waals surface area contributed by atoms with Gasteiger partial charge >= 0.3 is 5.97 Å². The van der Waals surface area contributed by atoms with E-state index in [0.29, 0.717) is 0 Å². The van der Waals surface area contributed by atoms with Crippen LogP contribution in [0.1, 0.15) is 11.7 Å². The van der Waals surface area contributed by atoms with Crippen molar-refractivity contribution in [1.82, 2.24) is 0 Å². The lowest BCUT2D eigenvalue weighted by Gasteiger charge is -2.20. The van der Waals surface area contributed by atoms with E-state index in [-0.39, 0.29) is 6.10 Å². The maximum absolute atomic E-state index is 11.1. The third-order valence-electron chi connectivity index (χ3n) is 3.08. The molecule has 17 heavy (non-hydrogen) atoms. The summed E-state index contributed by atoms with van der Waals surface area (Å²) in [5.41, 5.74) is 0.888. The Morgan fingerprint density at radius 3 is 2.71 bits per heavy atom. The van der Waals surface area contributed by atoms with Crippen molar-refractivity contribution >= 4 is 5.97 Å². The molecule has 0 bridgehead atoms. The lowest BCUT2D eigenvalue weighted by Crippen LogP contribution is -2.36. The van der Waals surface area contributed by atoms with Gasteiger partial charge in [0.1, 0.15) is 18.3 Å². The number of fused-ring (bicyclic) bond motifs is 1. The van der Waals surface area contributed by atoms with Crippen LogP contribution in [0.25, 0.3) is 0 Å². The predicted molar refractivity (Wildman–Crippen MR) is 59.1 cm³/mol. The van der Waals surface area contributed by atoms with Crippen molar-refractivity contribution in [3.05, 3.63) is 48.0 Å². The first-order chi connectivity index (χ1) is 8.25. The van der Waals surface area contributed by atoms with Gasteiger partial charge in [0, 0.05) is 6.08 Å². The van der Waals surface area contributed by atoms with Crippen LogP contribution in [-0.2, 0) is 14.3 Å². The number of hydrogen-bond donors (Lipinski definition) is 1. The summed E-state index contributed by atoms with van der Waals surface area (Å²) in [5.74, 6) is -0.428. The highest BCUT2D eigenvalue weighted by Crippen LogP contribution is 2.36. The number of benzene rings is 1. The zero-order valence-corrected chi connectivity index (χ0v) is 9.02. The van der Waals surface area contributed by atoms with Crippen LogP contribution < -0.4 is 0 Å². The Morgan fingerprint density at radius 2 is 1.94 bits per heavy atom. The van der Waals surface area contributed by atoms with Gasteiger partial charge in [0.05, 0.1) is 0 Å². The summed E-state index contributed by atoms with van der Waals surface area (Å²) in [5, 5.41) is 10.1. The maximum Gasteiger partial charge on any atom is 0.330 e. The highest BCUT2D eigenvalue weighted by molar-refractivity contribution is 5.83. The van der Waals surface area contributed by atoms with E-state index in [2.05, 4.69) is 0 Å². The van der Waals surface area contributed by atoms with E-state index < -0.39 is 24.3 Å². The highest BCUT2D eigenvalue weighted by Gasteiger charge is 2.46. The largest absolute Gasteiger partial charge is 0.453 e. The van der Waals surface area contributed by atoms with Gasteiger partial charge in [0.2, 0.25) is 0 Å². The smallest absolute Gasteiger partial charge is 0.330 e. The third kappa shape index (κ3) is 1.75. The van der Waals surface area contributed by atoms with E-state index in [1.165, 1.54) is 6.08 Å². The van der Waals surface area contributed by atoms with E-state index in [0.717, 1.165) is 5.56 Å². The fraction of sp³-hybridized carbons (Fsp3) is 0.308. The Labute approximate surface area is 98.5 Å². The van der Waals surface area contributed by atoms with Crippen molar-refractivity contribution in [3.63, 3.8) is 0 Å². The van der Waals surface area contributed by atoms with Crippen molar-refractivity contribution in [2.45, 2.75) is 24.4 Å². The number of ether oxygens (including phenoxy) is 2. The van der Waals surface area contributed by atoms with Crippen LogP contribution >= 0.6 is 0 Å². The molecule has 1 N–H and O–H groups in total. The molecule has 2 aliphatic rings. The van der Waals surface area contributed by atoms with Crippen LogP contribution in [0.3, 0.4) is 0 Å². The second-order valence-corrected chi connectivity index (χ2v) is 4.18. The van der Waals surface area contributed by atoms with Crippen LogP contribution in [0.2, 0.25) is 0 Å². The monoisotopic (exact) mass is 232 g/mol. The van der Waals surface area contributed by atoms with Crippen LogP contribution in [0.15, 0.2) is 42.5 Å². The minimum absolute atomic E-state index is 0.354. The third-order valence-corrected chi connectivity index (χ3v) is 3.08. The van der Waals surface area contributed by atoms with Crippen molar-refractivity contribution in [1.29, 1.82) is 0 Å².